The zero-order valence-corrected chi connectivity index (χ0v) is 16.7. The molecule has 1 N–H and O–H groups in total. The summed E-state index contributed by atoms with van der Waals surface area (Å²) >= 11 is 5.71. The van der Waals surface area contributed by atoms with E-state index >= 15 is 0 Å². The second kappa shape index (κ2) is 6.23. The molecule has 1 amide bonds. The van der Waals surface area contributed by atoms with E-state index < -0.39 is 11.6 Å². The second-order valence-electron chi connectivity index (χ2n) is 7.50. The minimum atomic E-state index is -0.933. The highest BCUT2D eigenvalue weighted by molar-refractivity contribution is 7.80. The second-order valence-corrected chi connectivity index (χ2v) is 7.89. The van der Waals surface area contributed by atoms with Crippen molar-refractivity contribution in [2.24, 2.45) is 5.92 Å². The number of thiocarbonyl (C=S) groups is 1. The summed E-state index contributed by atoms with van der Waals surface area (Å²) in [6.07, 6.45) is 0. The Hall–Kier alpha value is -2.60. The van der Waals surface area contributed by atoms with Gasteiger partial charge in [0.1, 0.15) is 11.7 Å². The molecule has 1 fully saturated rings. The summed E-state index contributed by atoms with van der Waals surface area (Å²) < 4.78 is 6.49. The van der Waals surface area contributed by atoms with Gasteiger partial charge >= 0.3 is 0 Å². The van der Waals surface area contributed by atoms with Gasteiger partial charge in [0.05, 0.1) is 6.04 Å². The SMILES string of the molecule is Cc1ccc(N2C(=S)N[C@H]3c4ccccc4O[C@@]2(C)[C@@H]3C(=O)N(C)C)cc1. The van der Waals surface area contributed by atoms with E-state index in [4.69, 9.17) is 17.0 Å². The number of ether oxygens (including phenoxy) is 1. The number of nitrogens with one attached hydrogen (secondary N) is 1. The number of para-hydroxylation sites is 1. The van der Waals surface area contributed by atoms with Crippen LogP contribution in [0.1, 0.15) is 24.1 Å². The van der Waals surface area contributed by atoms with Crippen molar-refractivity contribution in [3.63, 3.8) is 0 Å². The topological polar surface area (TPSA) is 44.8 Å². The van der Waals surface area contributed by atoms with Crippen molar-refractivity contribution in [3.8, 4) is 5.75 Å². The molecule has 0 spiro atoms. The van der Waals surface area contributed by atoms with Gasteiger partial charge in [-0.15, -0.1) is 0 Å². The Kier molecular flexibility index (Phi) is 4.11. The number of benzene rings is 2. The molecule has 1 saturated heterocycles. The number of nitrogens with zero attached hydrogens (tertiary/aromatic N) is 2. The van der Waals surface area contributed by atoms with Crippen molar-refractivity contribution >= 4 is 28.9 Å². The van der Waals surface area contributed by atoms with Crippen LogP contribution in [0.3, 0.4) is 0 Å². The van der Waals surface area contributed by atoms with E-state index in [1.165, 1.54) is 0 Å². The third-order valence-corrected chi connectivity index (χ3v) is 5.71. The number of hydrogen-bond acceptors (Lipinski definition) is 3. The molecular formula is C21H23N3O2S. The minimum absolute atomic E-state index is 0.00381. The normalized spacial score (nSPS) is 25.9. The molecule has 2 bridgehead atoms. The first kappa shape index (κ1) is 17.8. The van der Waals surface area contributed by atoms with E-state index in [1.807, 2.05) is 67.3 Å². The van der Waals surface area contributed by atoms with Gasteiger partial charge in [-0.1, -0.05) is 35.9 Å². The van der Waals surface area contributed by atoms with Crippen molar-refractivity contribution in [3.05, 3.63) is 59.7 Å². The van der Waals surface area contributed by atoms with Crippen LogP contribution in [0, 0.1) is 12.8 Å². The molecule has 2 aliphatic rings. The minimum Gasteiger partial charge on any atom is -0.467 e. The Morgan fingerprint density at radius 2 is 1.85 bits per heavy atom. The average Bonchev–Trinajstić information content (AvgIpc) is 2.62. The van der Waals surface area contributed by atoms with E-state index in [-0.39, 0.29) is 11.9 Å². The van der Waals surface area contributed by atoms with Gasteiger partial charge in [-0.2, -0.15) is 0 Å². The Morgan fingerprint density at radius 1 is 1.19 bits per heavy atom. The number of aryl methyl sites for hydroxylation is 1. The van der Waals surface area contributed by atoms with Crippen LogP contribution in [0.4, 0.5) is 5.69 Å². The Bertz CT molecular complexity index is 912. The Balaban J connectivity index is 1.90. The molecule has 2 aromatic rings. The molecule has 0 aliphatic carbocycles. The van der Waals surface area contributed by atoms with Crippen LogP contribution < -0.4 is 15.0 Å². The summed E-state index contributed by atoms with van der Waals surface area (Å²) in [5.74, 6) is 0.333. The van der Waals surface area contributed by atoms with Gasteiger partial charge in [-0.25, -0.2) is 0 Å². The fraction of sp³-hybridized carbons (Fsp3) is 0.333. The molecule has 0 aromatic heterocycles. The molecule has 2 aromatic carbocycles. The van der Waals surface area contributed by atoms with Crippen LogP contribution in [0.5, 0.6) is 5.75 Å². The lowest BCUT2D eigenvalue weighted by Gasteiger charge is -2.56. The molecule has 27 heavy (non-hydrogen) atoms. The number of anilines is 1. The Labute approximate surface area is 164 Å². The number of carbonyl (C=O) groups is 1. The van der Waals surface area contributed by atoms with Crippen LogP contribution in [0.2, 0.25) is 0 Å². The highest BCUT2D eigenvalue weighted by Gasteiger charge is 2.59. The maximum Gasteiger partial charge on any atom is 0.233 e. The molecule has 0 saturated carbocycles. The molecule has 140 valence electrons. The van der Waals surface area contributed by atoms with Crippen molar-refractivity contribution < 1.29 is 9.53 Å². The zero-order valence-electron chi connectivity index (χ0n) is 15.9. The standard InChI is InChI=1S/C21H23N3O2S/c1-13-9-11-14(12-10-13)24-20(27)22-18-15-7-5-6-8-16(15)26-21(24,2)17(18)19(25)23(3)4/h5-12,17-18H,1-4H3,(H,22,27)/t17-,18-,21-/m0/s1. The maximum absolute atomic E-state index is 13.2. The third-order valence-electron chi connectivity index (χ3n) is 5.41. The lowest BCUT2D eigenvalue weighted by Crippen LogP contribution is -2.72. The van der Waals surface area contributed by atoms with Crippen LogP contribution in [-0.4, -0.2) is 35.7 Å². The van der Waals surface area contributed by atoms with Gasteiger partial charge in [0.25, 0.3) is 0 Å². The van der Waals surface area contributed by atoms with Gasteiger partial charge in [-0.3, -0.25) is 9.69 Å². The number of hydrogen-bond donors (Lipinski definition) is 1. The number of fused-ring (bicyclic) bond motifs is 4. The highest BCUT2D eigenvalue weighted by Crippen LogP contribution is 2.49. The van der Waals surface area contributed by atoms with Crippen molar-refractivity contribution in [2.75, 3.05) is 19.0 Å². The fourth-order valence-corrected chi connectivity index (χ4v) is 4.48. The molecule has 0 radical (unpaired) electrons. The van der Waals surface area contributed by atoms with E-state index in [9.17, 15) is 4.79 Å². The van der Waals surface area contributed by atoms with Crippen molar-refractivity contribution in [1.82, 2.24) is 10.2 Å². The van der Waals surface area contributed by atoms with Crippen molar-refractivity contribution in [1.29, 1.82) is 0 Å². The summed E-state index contributed by atoms with van der Waals surface area (Å²) in [6, 6.07) is 15.7. The van der Waals surface area contributed by atoms with E-state index in [1.54, 1.807) is 19.0 Å². The summed E-state index contributed by atoms with van der Waals surface area (Å²) in [6.45, 7) is 4.00. The predicted molar refractivity (Wildman–Crippen MR) is 110 cm³/mol. The van der Waals surface area contributed by atoms with Gasteiger partial charge in [0.2, 0.25) is 5.91 Å². The highest BCUT2D eigenvalue weighted by atomic mass is 32.1. The lowest BCUT2D eigenvalue weighted by atomic mass is 9.78. The molecular weight excluding hydrogens is 358 g/mol. The molecule has 3 atom stereocenters. The quantitative estimate of drug-likeness (QED) is 0.809. The van der Waals surface area contributed by atoms with Gasteiger partial charge in [0.15, 0.2) is 10.8 Å². The predicted octanol–water partition coefficient (Wildman–Crippen LogP) is 3.24. The molecule has 6 heteroatoms. The summed E-state index contributed by atoms with van der Waals surface area (Å²) in [7, 11) is 3.55. The molecule has 2 aliphatic heterocycles. The summed E-state index contributed by atoms with van der Waals surface area (Å²) in [5.41, 5.74) is 2.09. The van der Waals surface area contributed by atoms with Gasteiger partial charge in [0, 0.05) is 25.3 Å². The molecule has 0 unspecified atom stereocenters. The molecule has 2 heterocycles. The van der Waals surface area contributed by atoms with E-state index in [0.717, 1.165) is 22.6 Å². The molecule has 4 rings (SSSR count). The van der Waals surface area contributed by atoms with Crippen LogP contribution in [0.25, 0.3) is 0 Å². The molecule has 5 nitrogen and oxygen atoms in total. The summed E-state index contributed by atoms with van der Waals surface area (Å²) in [4.78, 5) is 16.8. The monoisotopic (exact) mass is 381 g/mol. The van der Waals surface area contributed by atoms with Crippen LogP contribution in [0.15, 0.2) is 48.5 Å². The van der Waals surface area contributed by atoms with Crippen LogP contribution >= 0.6 is 12.2 Å². The number of amides is 1. The van der Waals surface area contributed by atoms with E-state index in [0.29, 0.717) is 5.11 Å². The first-order valence-corrected chi connectivity index (χ1v) is 9.40. The summed E-state index contributed by atoms with van der Waals surface area (Å²) in [5, 5.41) is 3.97. The first-order valence-electron chi connectivity index (χ1n) is 8.99. The first-order chi connectivity index (χ1) is 12.8. The Morgan fingerprint density at radius 3 is 2.52 bits per heavy atom. The number of rotatable bonds is 2. The maximum atomic E-state index is 13.2. The lowest BCUT2D eigenvalue weighted by molar-refractivity contribution is -0.144. The van der Waals surface area contributed by atoms with Gasteiger partial charge < -0.3 is 15.0 Å². The van der Waals surface area contributed by atoms with Crippen molar-refractivity contribution in [2.45, 2.75) is 25.6 Å². The zero-order chi connectivity index (χ0) is 19.3. The third kappa shape index (κ3) is 2.67. The number of carbonyl (C=O) groups excluding carboxylic acids is 1. The largest absolute Gasteiger partial charge is 0.467 e. The van der Waals surface area contributed by atoms with Crippen LogP contribution in [-0.2, 0) is 4.79 Å². The van der Waals surface area contributed by atoms with E-state index in [2.05, 4.69) is 5.32 Å². The van der Waals surface area contributed by atoms with Gasteiger partial charge in [-0.05, 0) is 44.3 Å². The smallest absolute Gasteiger partial charge is 0.233 e. The fourth-order valence-electron chi connectivity index (χ4n) is 4.07. The average molecular weight is 382 g/mol.